The van der Waals surface area contributed by atoms with Crippen molar-refractivity contribution in [1.29, 1.82) is 0 Å². The van der Waals surface area contributed by atoms with Gasteiger partial charge in [-0.1, -0.05) is 6.07 Å². The first-order chi connectivity index (χ1) is 9.38. The van der Waals surface area contributed by atoms with Gasteiger partial charge in [0.2, 0.25) is 0 Å². The summed E-state index contributed by atoms with van der Waals surface area (Å²) >= 11 is 0. The zero-order chi connectivity index (χ0) is 13.1. The first-order valence-corrected chi connectivity index (χ1v) is 7.21. The van der Waals surface area contributed by atoms with Gasteiger partial charge in [-0.3, -0.25) is 0 Å². The fourth-order valence-corrected chi connectivity index (χ4v) is 3.06. The van der Waals surface area contributed by atoms with Gasteiger partial charge in [0.25, 0.3) is 0 Å². The van der Waals surface area contributed by atoms with Crippen LogP contribution < -0.4 is 10.1 Å². The molecule has 1 aromatic heterocycles. The average molecular weight is 258 g/mol. The van der Waals surface area contributed by atoms with Gasteiger partial charge in [-0.15, -0.1) is 0 Å². The summed E-state index contributed by atoms with van der Waals surface area (Å²) in [6.45, 7) is 3.48. The molecule has 0 amide bonds. The molecule has 0 radical (unpaired) electrons. The molecular formula is C16H22N2O. The number of hydrogen-bond acceptors (Lipinski definition) is 2. The molecule has 1 aromatic carbocycles. The fourth-order valence-electron chi connectivity index (χ4n) is 3.06. The quantitative estimate of drug-likeness (QED) is 0.912. The van der Waals surface area contributed by atoms with Crippen molar-refractivity contribution >= 4 is 10.9 Å². The molecule has 0 atom stereocenters. The maximum Gasteiger partial charge on any atom is 0.128 e. The second-order valence-electron chi connectivity index (χ2n) is 5.38. The van der Waals surface area contributed by atoms with Gasteiger partial charge in [0.1, 0.15) is 5.75 Å². The third kappa shape index (κ3) is 2.61. The average Bonchev–Trinajstić information content (AvgIpc) is 2.89. The lowest BCUT2D eigenvalue weighted by Gasteiger charge is -2.22. The molecule has 0 unspecified atom stereocenters. The van der Waals surface area contributed by atoms with Crippen molar-refractivity contribution in [2.45, 2.75) is 25.8 Å². The van der Waals surface area contributed by atoms with Crippen molar-refractivity contribution in [3.8, 4) is 5.75 Å². The van der Waals surface area contributed by atoms with E-state index in [0.29, 0.717) is 0 Å². The molecule has 0 bridgehead atoms. The van der Waals surface area contributed by atoms with Crippen molar-refractivity contribution in [2.75, 3.05) is 20.2 Å². The Hall–Kier alpha value is -1.48. The second-order valence-corrected chi connectivity index (χ2v) is 5.38. The smallest absolute Gasteiger partial charge is 0.128 e. The Morgan fingerprint density at radius 2 is 2.11 bits per heavy atom. The van der Waals surface area contributed by atoms with Crippen LogP contribution in [0.25, 0.3) is 10.9 Å². The Morgan fingerprint density at radius 3 is 2.89 bits per heavy atom. The summed E-state index contributed by atoms with van der Waals surface area (Å²) in [5, 5.41) is 4.65. The van der Waals surface area contributed by atoms with E-state index in [4.69, 9.17) is 4.74 Å². The van der Waals surface area contributed by atoms with E-state index in [1.807, 2.05) is 6.07 Å². The highest BCUT2D eigenvalue weighted by Gasteiger charge is 2.13. The van der Waals surface area contributed by atoms with Gasteiger partial charge in [0, 0.05) is 18.1 Å². The van der Waals surface area contributed by atoms with Gasteiger partial charge >= 0.3 is 0 Å². The molecule has 1 aliphatic rings. The minimum absolute atomic E-state index is 0.879. The maximum atomic E-state index is 5.41. The van der Waals surface area contributed by atoms with Crippen LogP contribution in [0.3, 0.4) is 0 Å². The van der Waals surface area contributed by atoms with Crippen LogP contribution >= 0.6 is 0 Å². The molecule has 102 valence electrons. The summed E-state index contributed by atoms with van der Waals surface area (Å²) < 4.78 is 7.77. The van der Waals surface area contributed by atoms with E-state index in [1.54, 1.807) is 7.11 Å². The summed E-state index contributed by atoms with van der Waals surface area (Å²) in [6.07, 6.45) is 6.11. The minimum atomic E-state index is 0.879. The zero-order valence-electron chi connectivity index (χ0n) is 11.6. The number of piperidine rings is 1. The number of ether oxygens (including phenoxy) is 1. The van der Waals surface area contributed by atoms with Crippen LogP contribution in [0.5, 0.6) is 5.75 Å². The monoisotopic (exact) mass is 258 g/mol. The largest absolute Gasteiger partial charge is 0.496 e. The summed E-state index contributed by atoms with van der Waals surface area (Å²) in [4.78, 5) is 0. The van der Waals surface area contributed by atoms with Crippen LogP contribution in [-0.2, 0) is 6.54 Å². The Labute approximate surface area is 114 Å². The minimum Gasteiger partial charge on any atom is -0.496 e. The zero-order valence-corrected chi connectivity index (χ0v) is 11.6. The number of hydrogen-bond donors (Lipinski definition) is 1. The maximum absolute atomic E-state index is 5.41. The lowest BCUT2D eigenvalue weighted by molar-refractivity contribution is 0.339. The molecule has 0 spiro atoms. The molecule has 2 heterocycles. The van der Waals surface area contributed by atoms with E-state index in [0.717, 1.165) is 18.2 Å². The summed E-state index contributed by atoms with van der Waals surface area (Å²) in [6, 6.07) is 8.44. The lowest BCUT2D eigenvalue weighted by atomic mass is 9.95. The van der Waals surface area contributed by atoms with Gasteiger partial charge in [0.05, 0.1) is 12.6 Å². The number of nitrogens with one attached hydrogen (secondary N) is 1. The van der Waals surface area contributed by atoms with E-state index >= 15 is 0 Å². The summed E-state index contributed by atoms with van der Waals surface area (Å²) in [5.41, 5.74) is 1.29. The first-order valence-electron chi connectivity index (χ1n) is 7.21. The number of rotatable bonds is 4. The van der Waals surface area contributed by atoms with Crippen LogP contribution in [0.2, 0.25) is 0 Å². The lowest BCUT2D eigenvalue weighted by Crippen LogP contribution is -2.28. The Kier molecular flexibility index (Phi) is 3.74. The first kappa shape index (κ1) is 12.5. The summed E-state index contributed by atoms with van der Waals surface area (Å²) in [7, 11) is 1.74. The SMILES string of the molecule is COc1cccc2c1ccn2CCC1CCNCC1. The number of nitrogens with zero attached hydrogens (tertiary/aromatic N) is 1. The predicted molar refractivity (Wildman–Crippen MR) is 78.7 cm³/mol. The van der Waals surface area contributed by atoms with E-state index < -0.39 is 0 Å². The number of methoxy groups -OCH3 is 1. The van der Waals surface area contributed by atoms with Gasteiger partial charge in [-0.05, 0) is 56.5 Å². The molecule has 3 rings (SSSR count). The normalized spacial score (nSPS) is 16.9. The van der Waals surface area contributed by atoms with Crippen molar-refractivity contribution in [2.24, 2.45) is 5.92 Å². The van der Waals surface area contributed by atoms with Crippen LogP contribution in [0.4, 0.5) is 0 Å². The standard InChI is InChI=1S/C16H22N2O/c1-19-16-4-2-3-15-14(16)8-12-18(15)11-7-13-5-9-17-10-6-13/h2-4,8,12-13,17H,5-7,9-11H2,1H3. The van der Waals surface area contributed by atoms with Gasteiger partial charge in [-0.2, -0.15) is 0 Å². The highest BCUT2D eigenvalue weighted by molar-refractivity contribution is 5.86. The number of aromatic nitrogens is 1. The van der Waals surface area contributed by atoms with Gasteiger partial charge in [0.15, 0.2) is 0 Å². The third-order valence-electron chi connectivity index (χ3n) is 4.23. The topological polar surface area (TPSA) is 26.2 Å². The molecule has 3 nitrogen and oxygen atoms in total. The Balaban J connectivity index is 1.74. The Bertz CT molecular complexity index is 541. The summed E-state index contributed by atoms with van der Waals surface area (Å²) in [5.74, 6) is 1.85. The van der Waals surface area contributed by atoms with E-state index in [1.165, 1.54) is 43.3 Å². The molecule has 1 aliphatic heterocycles. The molecule has 19 heavy (non-hydrogen) atoms. The molecule has 3 heteroatoms. The van der Waals surface area contributed by atoms with Crippen LogP contribution in [0.1, 0.15) is 19.3 Å². The van der Waals surface area contributed by atoms with E-state index in [2.05, 4.69) is 34.3 Å². The van der Waals surface area contributed by atoms with Crippen molar-refractivity contribution in [3.05, 3.63) is 30.5 Å². The molecule has 2 aromatic rings. The Morgan fingerprint density at radius 1 is 1.26 bits per heavy atom. The number of benzene rings is 1. The third-order valence-corrected chi connectivity index (χ3v) is 4.23. The van der Waals surface area contributed by atoms with E-state index in [-0.39, 0.29) is 0 Å². The molecule has 0 aliphatic carbocycles. The predicted octanol–water partition coefficient (Wildman–Crippen LogP) is 3.04. The van der Waals surface area contributed by atoms with Crippen molar-refractivity contribution in [3.63, 3.8) is 0 Å². The van der Waals surface area contributed by atoms with Crippen molar-refractivity contribution in [1.82, 2.24) is 9.88 Å². The van der Waals surface area contributed by atoms with Crippen LogP contribution in [0, 0.1) is 5.92 Å². The number of aryl methyl sites for hydroxylation is 1. The van der Waals surface area contributed by atoms with Crippen LogP contribution in [0.15, 0.2) is 30.5 Å². The molecule has 0 saturated carbocycles. The number of fused-ring (bicyclic) bond motifs is 1. The molecular weight excluding hydrogens is 236 g/mol. The van der Waals surface area contributed by atoms with Gasteiger partial charge < -0.3 is 14.6 Å². The fraction of sp³-hybridized carbons (Fsp3) is 0.500. The highest BCUT2D eigenvalue weighted by atomic mass is 16.5. The van der Waals surface area contributed by atoms with Crippen molar-refractivity contribution < 1.29 is 4.74 Å². The molecule has 1 fully saturated rings. The van der Waals surface area contributed by atoms with E-state index in [9.17, 15) is 0 Å². The molecule has 1 N–H and O–H groups in total. The molecule has 1 saturated heterocycles. The van der Waals surface area contributed by atoms with Gasteiger partial charge in [-0.25, -0.2) is 0 Å². The van der Waals surface area contributed by atoms with Crippen LogP contribution in [-0.4, -0.2) is 24.8 Å². The highest BCUT2D eigenvalue weighted by Crippen LogP contribution is 2.27. The second kappa shape index (κ2) is 5.66.